The molecule has 0 bridgehead atoms. The fraction of sp³-hybridized carbons (Fsp3) is 0.240. The molecule has 1 aliphatic rings. The van der Waals surface area contributed by atoms with Crippen molar-refractivity contribution >= 4 is 23.5 Å². The van der Waals surface area contributed by atoms with Gasteiger partial charge >= 0.3 is 0 Å². The number of aryl methyl sites for hydroxylation is 1. The molecule has 1 aromatic heterocycles. The molecule has 2 aromatic carbocycles. The second-order valence-corrected chi connectivity index (χ2v) is 7.93. The van der Waals surface area contributed by atoms with E-state index in [-0.39, 0.29) is 12.5 Å². The minimum atomic E-state index is -0.210. The fourth-order valence-electron chi connectivity index (χ4n) is 3.68. The van der Waals surface area contributed by atoms with Gasteiger partial charge in [-0.2, -0.15) is 5.26 Å². The van der Waals surface area contributed by atoms with Gasteiger partial charge in [-0.3, -0.25) is 9.79 Å². The summed E-state index contributed by atoms with van der Waals surface area (Å²) in [5.74, 6) is 1.07. The van der Waals surface area contributed by atoms with Crippen LogP contribution in [0.4, 0.5) is 5.69 Å². The van der Waals surface area contributed by atoms with Crippen LogP contribution in [-0.2, 0) is 19.6 Å². The Morgan fingerprint density at radius 1 is 1.23 bits per heavy atom. The van der Waals surface area contributed by atoms with Crippen molar-refractivity contribution in [3.05, 3.63) is 82.4 Å². The summed E-state index contributed by atoms with van der Waals surface area (Å²) >= 11 is 0. The first-order chi connectivity index (χ1) is 17.1. The third kappa shape index (κ3) is 5.72. The minimum absolute atomic E-state index is 0.0498. The quantitative estimate of drug-likeness (QED) is 0.375. The summed E-state index contributed by atoms with van der Waals surface area (Å²) in [5.41, 5.74) is 4.53. The van der Waals surface area contributed by atoms with Crippen molar-refractivity contribution in [1.82, 2.24) is 25.4 Å². The van der Waals surface area contributed by atoms with E-state index in [4.69, 9.17) is 5.26 Å². The average Bonchev–Trinajstić information content (AvgIpc) is 3.30. The molecule has 0 aliphatic carbocycles. The normalized spacial score (nSPS) is 12.4. The van der Waals surface area contributed by atoms with E-state index in [1.807, 2.05) is 29.7 Å². The summed E-state index contributed by atoms with van der Waals surface area (Å²) in [6.07, 6.45) is 3.53. The molecular weight excluding hydrogens is 444 g/mol. The molecular formula is C25H26N8O2. The van der Waals surface area contributed by atoms with Crippen molar-refractivity contribution in [3.63, 3.8) is 0 Å². The molecule has 4 N–H and O–H groups in total. The van der Waals surface area contributed by atoms with Crippen molar-refractivity contribution in [2.24, 2.45) is 4.99 Å². The summed E-state index contributed by atoms with van der Waals surface area (Å²) in [6, 6.07) is 14.7. The largest absolute Gasteiger partial charge is 0.395 e. The molecule has 10 heteroatoms. The zero-order chi connectivity index (χ0) is 24.6. The van der Waals surface area contributed by atoms with Crippen LogP contribution in [0.5, 0.6) is 0 Å². The van der Waals surface area contributed by atoms with E-state index in [1.165, 1.54) is 0 Å². The molecule has 1 amide bonds. The van der Waals surface area contributed by atoms with Crippen molar-refractivity contribution in [3.8, 4) is 6.07 Å². The molecule has 0 radical (unpaired) electrons. The van der Waals surface area contributed by atoms with Crippen LogP contribution in [0.3, 0.4) is 0 Å². The molecule has 3 aromatic rings. The van der Waals surface area contributed by atoms with Gasteiger partial charge in [0.15, 0.2) is 11.6 Å². The topological polar surface area (TPSA) is 140 Å². The summed E-state index contributed by atoms with van der Waals surface area (Å²) < 4.78 is 1.85. The number of hydrogen-bond acceptors (Lipinski definition) is 8. The Hall–Kier alpha value is -4.49. The van der Waals surface area contributed by atoms with Gasteiger partial charge in [0.1, 0.15) is 6.67 Å². The highest BCUT2D eigenvalue weighted by molar-refractivity contribution is 5.95. The number of hydrogen-bond donors (Lipinski definition) is 4. The van der Waals surface area contributed by atoms with E-state index < -0.39 is 0 Å². The molecule has 0 atom stereocenters. The maximum atomic E-state index is 12.7. The number of carbonyl (C=O) groups is 1. The van der Waals surface area contributed by atoms with Gasteiger partial charge in [0, 0.05) is 30.6 Å². The Balaban J connectivity index is 1.42. The zero-order valence-electron chi connectivity index (χ0n) is 19.3. The molecule has 0 fully saturated rings. The van der Waals surface area contributed by atoms with Crippen LogP contribution in [0.1, 0.15) is 38.7 Å². The van der Waals surface area contributed by atoms with Crippen LogP contribution >= 0.6 is 0 Å². The van der Waals surface area contributed by atoms with E-state index >= 15 is 0 Å². The fourth-order valence-corrected chi connectivity index (χ4v) is 3.68. The number of anilines is 1. The lowest BCUT2D eigenvalue weighted by atomic mass is 10.1. The Morgan fingerprint density at radius 2 is 2.11 bits per heavy atom. The van der Waals surface area contributed by atoms with Crippen LogP contribution < -0.4 is 16.0 Å². The minimum Gasteiger partial charge on any atom is -0.395 e. The highest BCUT2D eigenvalue weighted by atomic mass is 16.3. The summed E-state index contributed by atoms with van der Waals surface area (Å²) in [6.45, 7) is 3.40. The molecule has 4 rings (SSSR count). The number of carbonyl (C=O) groups excluding carboxylic acids is 1. The average molecular weight is 471 g/mol. The first-order valence-corrected chi connectivity index (χ1v) is 11.2. The number of aliphatic hydroxyl groups excluding tert-OH is 1. The van der Waals surface area contributed by atoms with Gasteiger partial charge in [-0.15, -0.1) is 10.2 Å². The third-order valence-electron chi connectivity index (χ3n) is 5.59. The Morgan fingerprint density at radius 3 is 2.89 bits per heavy atom. The van der Waals surface area contributed by atoms with Crippen LogP contribution in [0, 0.1) is 18.3 Å². The second kappa shape index (κ2) is 11.1. The predicted octanol–water partition coefficient (Wildman–Crippen LogP) is 1.97. The molecule has 2 heterocycles. The monoisotopic (exact) mass is 470 g/mol. The van der Waals surface area contributed by atoms with E-state index in [2.05, 4.69) is 37.2 Å². The Bertz CT molecular complexity index is 1320. The molecule has 1 aliphatic heterocycles. The molecule has 178 valence electrons. The van der Waals surface area contributed by atoms with Crippen molar-refractivity contribution in [2.45, 2.75) is 26.6 Å². The van der Waals surface area contributed by atoms with Crippen molar-refractivity contribution < 1.29 is 9.90 Å². The van der Waals surface area contributed by atoms with Crippen LogP contribution in [-0.4, -0.2) is 45.3 Å². The lowest BCUT2D eigenvalue weighted by Gasteiger charge is -2.14. The number of aliphatic imine (C=N–C) groups is 1. The third-order valence-corrected chi connectivity index (χ3v) is 5.59. The first kappa shape index (κ1) is 23.7. The highest BCUT2D eigenvalue weighted by Crippen LogP contribution is 2.16. The number of amides is 1. The van der Waals surface area contributed by atoms with E-state index in [1.54, 1.807) is 36.5 Å². The second-order valence-electron chi connectivity index (χ2n) is 7.93. The molecule has 0 unspecified atom stereocenters. The number of rotatable bonds is 9. The summed E-state index contributed by atoms with van der Waals surface area (Å²) in [5, 5.41) is 36.5. The van der Waals surface area contributed by atoms with Crippen LogP contribution in [0.25, 0.3) is 5.70 Å². The standard InChI is InChI=1S/C25H26N8O2/c1-17-5-6-18(13-26)11-20(17)14-29-25(35)19-3-2-4-21(12-19)28-15-23-31-32-24(33(23)9-10-34)22-7-8-27-16-30-22/h2-8,11-12,28,30,34H,9-10,14-16H2,1H3,(H,29,35). The smallest absolute Gasteiger partial charge is 0.251 e. The number of benzene rings is 2. The molecule has 0 saturated heterocycles. The van der Waals surface area contributed by atoms with Crippen molar-refractivity contribution in [1.29, 1.82) is 5.26 Å². The van der Waals surface area contributed by atoms with Crippen LogP contribution in [0.15, 0.2) is 53.5 Å². The summed E-state index contributed by atoms with van der Waals surface area (Å²) in [7, 11) is 0. The number of nitrogens with zero attached hydrogens (tertiary/aromatic N) is 5. The molecule has 35 heavy (non-hydrogen) atoms. The lowest BCUT2D eigenvalue weighted by Crippen LogP contribution is -2.23. The lowest BCUT2D eigenvalue weighted by molar-refractivity contribution is 0.0951. The van der Waals surface area contributed by atoms with Gasteiger partial charge in [-0.05, 0) is 54.5 Å². The number of nitriles is 1. The first-order valence-electron chi connectivity index (χ1n) is 11.2. The molecule has 0 saturated carbocycles. The maximum Gasteiger partial charge on any atom is 0.251 e. The van der Waals surface area contributed by atoms with Crippen LogP contribution in [0.2, 0.25) is 0 Å². The van der Waals surface area contributed by atoms with Gasteiger partial charge < -0.3 is 25.6 Å². The predicted molar refractivity (Wildman–Crippen MR) is 132 cm³/mol. The maximum absolute atomic E-state index is 12.7. The number of aromatic nitrogens is 3. The Labute approximate surface area is 203 Å². The SMILES string of the molecule is Cc1ccc(C#N)cc1CNC(=O)c1cccc(NCc2nnc(C3=CC=NCN3)n2CCO)c1. The molecule has 0 spiro atoms. The molecule has 10 nitrogen and oxygen atoms in total. The number of nitrogens with one attached hydrogen (secondary N) is 3. The van der Waals surface area contributed by atoms with E-state index in [9.17, 15) is 9.90 Å². The number of allylic oxidation sites excluding steroid dienone is 1. The Kier molecular flexibility index (Phi) is 7.50. The van der Waals surface area contributed by atoms with E-state index in [0.29, 0.717) is 49.1 Å². The number of aliphatic hydroxyl groups is 1. The van der Waals surface area contributed by atoms with Gasteiger partial charge in [0.25, 0.3) is 5.91 Å². The zero-order valence-corrected chi connectivity index (χ0v) is 19.3. The highest BCUT2D eigenvalue weighted by Gasteiger charge is 2.16. The van der Waals surface area contributed by atoms with Gasteiger partial charge in [0.05, 0.1) is 30.5 Å². The summed E-state index contributed by atoms with van der Waals surface area (Å²) in [4.78, 5) is 16.8. The van der Waals surface area contributed by atoms with Gasteiger partial charge in [-0.1, -0.05) is 12.1 Å². The van der Waals surface area contributed by atoms with E-state index in [0.717, 1.165) is 22.5 Å². The van der Waals surface area contributed by atoms with Crippen molar-refractivity contribution in [2.75, 3.05) is 18.6 Å². The van der Waals surface area contributed by atoms with Gasteiger partial charge in [-0.25, -0.2) is 0 Å². The van der Waals surface area contributed by atoms with Gasteiger partial charge in [0.2, 0.25) is 0 Å².